The summed E-state index contributed by atoms with van der Waals surface area (Å²) >= 11 is 1.53. The fraction of sp³-hybridized carbons (Fsp3) is 0.118. The molecule has 3 rings (SSSR count). The van der Waals surface area contributed by atoms with E-state index in [2.05, 4.69) is 20.4 Å². The van der Waals surface area contributed by atoms with Crippen molar-refractivity contribution < 1.29 is 10.0 Å². The number of amides is 1. The van der Waals surface area contributed by atoms with Crippen LogP contribution in [0.2, 0.25) is 0 Å². The van der Waals surface area contributed by atoms with Crippen molar-refractivity contribution in [3.63, 3.8) is 0 Å². The molecule has 1 aromatic rings. The number of allylic oxidation sites excluding steroid dienone is 2. The molecule has 1 aromatic carbocycles. The van der Waals surface area contributed by atoms with Crippen LogP contribution in [0.4, 0.5) is 0 Å². The molecule has 2 aliphatic rings. The predicted molar refractivity (Wildman–Crippen MR) is 95.2 cm³/mol. The Labute approximate surface area is 144 Å². The summed E-state index contributed by atoms with van der Waals surface area (Å²) in [6.45, 7) is 2.77. The van der Waals surface area contributed by atoms with Gasteiger partial charge in [-0.15, -0.1) is 0 Å². The summed E-state index contributed by atoms with van der Waals surface area (Å²) in [5, 5.41) is 12.1. The predicted octanol–water partition coefficient (Wildman–Crippen LogP) is 2.52. The lowest BCUT2D eigenvalue weighted by atomic mass is 10.1. The molecule has 0 unspecified atom stereocenters. The van der Waals surface area contributed by atoms with Gasteiger partial charge in [0.15, 0.2) is 0 Å². The van der Waals surface area contributed by atoms with Crippen molar-refractivity contribution in [3.05, 3.63) is 76.9 Å². The van der Waals surface area contributed by atoms with Crippen molar-refractivity contribution in [2.75, 3.05) is 6.54 Å². The number of carbonyl (C=O) groups excluding carboxylic acids is 1. The summed E-state index contributed by atoms with van der Waals surface area (Å²) in [5.74, 6) is -0.512. The summed E-state index contributed by atoms with van der Waals surface area (Å²) in [7, 11) is 0. The van der Waals surface area contributed by atoms with Crippen LogP contribution in [0.3, 0.4) is 0 Å². The van der Waals surface area contributed by atoms with E-state index in [0.717, 1.165) is 22.5 Å². The molecule has 0 saturated heterocycles. The van der Waals surface area contributed by atoms with Gasteiger partial charge < -0.3 is 10.0 Å². The Bertz CT molecular complexity index is 750. The van der Waals surface area contributed by atoms with Crippen LogP contribution in [0.1, 0.15) is 22.8 Å². The lowest BCUT2D eigenvalue weighted by Gasteiger charge is -2.21. The molecule has 2 aliphatic heterocycles. The van der Waals surface area contributed by atoms with Gasteiger partial charge in [0, 0.05) is 24.5 Å². The normalized spacial score (nSPS) is 16.1. The maximum absolute atomic E-state index is 11.3. The molecule has 0 saturated carbocycles. The monoisotopic (exact) mass is 342 g/mol. The number of carbonyl (C=O) groups is 1. The Balaban J connectivity index is 1.61. The van der Waals surface area contributed by atoms with Crippen molar-refractivity contribution in [1.29, 1.82) is 0 Å². The Morgan fingerprint density at radius 1 is 1.38 bits per heavy atom. The first kappa shape index (κ1) is 16.2. The van der Waals surface area contributed by atoms with E-state index in [4.69, 9.17) is 5.21 Å². The van der Waals surface area contributed by atoms with Gasteiger partial charge in [-0.25, -0.2) is 5.48 Å². The summed E-state index contributed by atoms with van der Waals surface area (Å²) in [6.07, 6.45) is 10.1. The standard InChI is InChI=1S/C17H18N4O2S/c1-12(9-13-4-6-14(7-5-13)17(22)20-23)10-18-15-3-2-8-21-16(15)11-19-24-21/h2-9,11,18-19,23H,10H2,1H3,(H,20,22). The zero-order valence-electron chi connectivity index (χ0n) is 13.1. The SMILES string of the molecule is CC(=Cc1ccc(C(=O)NO)cc1)CNC1=CC=CN2SNC=C12. The van der Waals surface area contributed by atoms with Crippen molar-refractivity contribution in [3.8, 4) is 0 Å². The average Bonchev–Trinajstić information content (AvgIpc) is 3.09. The summed E-state index contributed by atoms with van der Waals surface area (Å²) in [6, 6.07) is 7.05. The quantitative estimate of drug-likeness (QED) is 0.374. The van der Waals surface area contributed by atoms with Crippen molar-refractivity contribution >= 4 is 24.1 Å². The van der Waals surface area contributed by atoms with E-state index in [1.165, 1.54) is 12.1 Å². The second-order valence-electron chi connectivity index (χ2n) is 5.39. The zero-order chi connectivity index (χ0) is 16.9. The van der Waals surface area contributed by atoms with Crippen LogP contribution in [0.15, 0.2) is 65.8 Å². The third-order valence-corrected chi connectivity index (χ3v) is 4.33. The number of rotatable bonds is 5. The molecule has 0 atom stereocenters. The highest BCUT2D eigenvalue weighted by Crippen LogP contribution is 2.28. The first-order valence-corrected chi connectivity index (χ1v) is 8.21. The molecule has 124 valence electrons. The molecule has 1 amide bonds. The van der Waals surface area contributed by atoms with Crippen molar-refractivity contribution in [2.24, 2.45) is 0 Å². The highest BCUT2D eigenvalue weighted by atomic mass is 32.2. The number of nitrogens with zero attached hydrogens (tertiary/aromatic N) is 1. The Hall–Kier alpha value is -2.64. The number of nitrogens with one attached hydrogen (secondary N) is 3. The van der Waals surface area contributed by atoms with Crippen LogP contribution in [-0.4, -0.2) is 22.0 Å². The van der Waals surface area contributed by atoms with E-state index in [0.29, 0.717) is 12.1 Å². The topological polar surface area (TPSA) is 76.6 Å². The maximum Gasteiger partial charge on any atom is 0.274 e. The summed E-state index contributed by atoms with van der Waals surface area (Å²) in [5.41, 5.74) is 6.38. The van der Waals surface area contributed by atoms with Gasteiger partial charge in [-0.2, -0.15) is 0 Å². The third kappa shape index (κ3) is 3.64. The number of benzene rings is 1. The van der Waals surface area contributed by atoms with Crippen LogP contribution >= 0.6 is 12.1 Å². The van der Waals surface area contributed by atoms with Crippen molar-refractivity contribution in [1.82, 2.24) is 19.8 Å². The van der Waals surface area contributed by atoms with Gasteiger partial charge >= 0.3 is 0 Å². The minimum atomic E-state index is -0.512. The highest BCUT2D eigenvalue weighted by molar-refractivity contribution is 7.95. The molecular formula is C17H18N4O2S. The largest absolute Gasteiger partial charge is 0.380 e. The number of fused-ring (bicyclic) bond motifs is 1. The van der Waals surface area contributed by atoms with E-state index >= 15 is 0 Å². The van der Waals surface area contributed by atoms with E-state index < -0.39 is 5.91 Å². The zero-order valence-corrected chi connectivity index (χ0v) is 13.9. The molecule has 0 aromatic heterocycles. The first-order chi connectivity index (χ1) is 11.7. The number of hydrogen-bond acceptors (Lipinski definition) is 6. The number of hydrogen-bond donors (Lipinski definition) is 4. The molecule has 2 heterocycles. The van der Waals surface area contributed by atoms with Gasteiger partial charge in [0.25, 0.3) is 5.91 Å². The third-order valence-electron chi connectivity index (χ3n) is 3.59. The molecule has 0 radical (unpaired) electrons. The van der Waals surface area contributed by atoms with Gasteiger partial charge in [0.2, 0.25) is 0 Å². The molecule has 4 N–H and O–H groups in total. The smallest absolute Gasteiger partial charge is 0.274 e. The van der Waals surface area contributed by atoms with Crippen LogP contribution in [-0.2, 0) is 0 Å². The molecule has 24 heavy (non-hydrogen) atoms. The molecule has 0 aliphatic carbocycles. The molecule has 0 bridgehead atoms. The lowest BCUT2D eigenvalue weighted by Crippen LogP contribution is -2.22. The van der Waals surface area contributed by atoms with Gasteiger partial charge in [0.05, 0.1) is 23.5 Å². The second kappa shape index (κ2) is 7.29. The van der Waals surface area contributed by atoms with Crippen molar-refractivity contribution in [2.45, 2.75) is 6.92 Å². The molecule has 7 heteroatoms. The van der Waals surface area contributed by atoms with E-state index in [1.54, 1.807) is 17.6 Å². The molecule has 6 nitrogen and oxygen atoms in total. The molecular weight excluding hydrogens is 324 g/mol. The fourth-order valence-electron chi connectivity index (χ4n) is 2.38. The van der Waals surface area contributed by atoms with E-state index in [9.17, 15) is 4.79 Å². The summed E-state index contributed by atoms with van der Waals surface area (Å²) < 4.78 is 5.19. The minimum Gasteiger partial charge on any atom is -0.380 e. The maximum atomic E-state index is 11.3. The number of hydroxylamine groups is 1. The van der Waals surface area contributed by atoms with Crippen LogP contribution in [0.25, 0.3) is 6.08 Å². The van der Waals surface area contributed by atoms with E-state index in [-0.39, 0.29) is 0 Å². The summed E-state index contributed by atoms with van der Waals surface area (Å²) in [4.78, 5) is 11.3. The van der Waals surface area contributed by atoms with Gasteiger partial charge in [-0.1, -0.05) is 23.8 Å². The van der Waals surface area contributed by atoms with Crippen LogP contribution < -0.4 is 15.5 Å². The Kier molecular flexibility index (Phi) is 4.93. The Morgan fingerprint density at radius 3 is 2.92 bits per heavy atom. The lowest BCUT2D eigenvalue weighted by molar-refractivity contribution is 0.0706. The van der Waals surface area contributed by atoms with Gasteiger partial charge in [-0.05, 0) is 36.8 Å². The fourth-order valence-corrected chi connectivity index (χ4v) is 3.04. The molecule has 0 spiro atoms. The Morgan fingerprint density at radius 2 is 2.17 bits per heavy atom. The molecule has 0 fully saturated rings. The average molecular weight is 342 g/mol. The van der Waals surface area contributed by atoms with Crippen LogP contribution in [0.5, 0.6) is 0 Å². The van der Waals surface area contributed by atoms with Gasteiger partial charge in [-0.3, -0.25) is 14.3 Å². The second-order valence-corrected chi connectivity index (χ2v) is 6.21. The first-order valence-electron chi connectivity index (χ1n) is 7.43. The van der Waals surface area contributed by atoms with E-state index in [1.807, 2.05) is 43.6 Å². The van der Waals surface area contributed by atoms with Gasteiger partial charge in [0.1, 0.15) is 0 Å². The van der Waals surface area contributed by atoms with Crippen LogP contribution in [0, 0.1) is 0 Å². The highest BCUT2D eigenvalue weighted by Gasteiger charge is 2.19. The minimum absolute atomic E-state index is 0.419.